The van der Waals surface area contributed by atoms with Crippen LogP contribution in [0.25, 0.3) is 10.9 Å². The molecular weight excluding hydrogens is 194 g/mol. The predicted octanol–water partition coefficient (Wildman–Crippen LogP) is 1.56. The molecule has 0 amide bonds. The predicted molar refractivity (Wildman–Crippen MR) is 57.4 cm³/mol. The maximum absolute atomic E-state index is 11.2. The van der Waals surface area contributed by atoms with Gasteiger partial charge < -0.3 is 15.2 Å². The van der Waals surface area contributed by atoms with Crippen LogP contribution >= 0.6 is 0 Å². The molecule has 0 spiro atoms. The van der Waals surface area contributed by atoms with Gasteiger partial charge in [-0.2, -0.15) is 0 Å². The lowest BCUT2D eigenvalue weighted by Crippen LogP contribution is -2.05. The average Bonchev–Trinajstić information content (AvgIpc) is 2.13. The Bertz CT molecular complexity index is 599. The zero-order valence-corrected chi connectivity index (χ0v) is 8.46. The Morgan fingerprint density at radius 2 is 1.80 bits per heavy atom. The second-order valence-corrected chi connectivity index (χ2v) is 3.66. The standard InChI is InChI=1S/C11H11NO3/c1-5-3-6(2)8-7(4-5)12-11(15)10(14)9(8)13/h3-4,14H,1-2H3,(H2,12,13,15). The van der Waals surface area contributed by atoms with E-state index >= 15 is 0 Å². The molecule has 0 saturated heterocycles. The van der Waals surface area contributed by atoms with E-state index in [1.165, 1.54) is 0 Å². The van der Waals surface area contributed by atoms with Gasteiger partial charge >= 0.3 is 0 Å². The first-order chi connectivity index (χ1) is 7.00. The van der Waals surface area contributed by atoms with E-state index < -0.39 is 11.3 Å². The van der Waals surface area contributed by atoms with Crippen LogP contribution < -0.4 is 5.56 Å². The number of fused-ring (bicyclic) bond motifs is 1. The SMILES string of the molecule is Cc1cc(C)c2c(O)c(O)c(=O)[nH]c2c1. The highest BCUT2D eigenvalue weighted by Crippen LogP contribution is 2.31. The molecule has 1 aromatic carbocycles. The maximum Gasteiger partial charge on any atom is 0.294 e. The zero-order chi connectivity index (χ0) is 11.2. The molecule has 0 aliphatic carbocycles. The van der Waals surface area contributed by atoms with Crippen LogP contribution in [0.3, 0.4) is 0 Å². The van der Waals surface area contributed by atoms with Crippen LogP contribution in [0.2, 0.25) is 0 Å². The van der Waals surface area contributed by atoms with Crippen LogP contribution in [0.1, 0.15) is 11.1 Å². The normalized spacial score (nSPS) is 10.8. The van der Waals surface area contributed by atoms with Crippen molar-refractivity contribution in [2.24, 2.45) is 0 Å². The average molecular weight is 205 g/mol. The summed E-state index contributed by atoms with van der Waals surface area (Å²) in [7, 11) is 0. The lowest BCUT2D eigenvalue weighted by Gasteiger charge is -2.07. The molecule has 78 valence electrons. The topological polar surface area (TPSA) is 73.3 Å². The van der Waals surface area contributed by atoms with Gasteiger partial charge in [0.2, 0.25) is 5.75 Å². The molecule has 0 atom stereocenters. The Morgan fingerprint density at radius 3 is 2.47 bits per heavy atom. The van der Waals surface area contributed by atoms with Crippen molar-refractivity contribution in [2.45, 2.75) is 13.8 Å². The molecule has 1 heterocycles. The summed E-state index contributed by atoms with van der Waals surface area (Å²) in [5, 5.41) is 19.4. The molecule has 4 heteroatoms. The Hall–Kier alpha value is -1.97. The zero-order valence-electron chi connectivity index (χ0n) is 8.46. The number of hydrogen-bond donors (Lipinski definition) is 3. The van der Waals surface area contributed by atoms with Crippen molar-refractivity contribution in [2.75, 3.05) is 0 Å². The molecule has 0 saturated carbocycles. The highest BCUT2D eigenvalue weighted by molar-refractivity contribution is 5.90. The molecule has 3 N–H and O–H groups in total. The van der Waals surface area contributed by atoms with Gasteiger partial charge in [0.1, 0.15) is 0 Å². The third-order valence-corrected chi connectivity index (χ3v) is 2.40. The Labute approximate surface area is 85.8 Å². The van der Waals surface area contributed by atoms with E-state index in [0.29, 0.717) is 10.9 Å². The van der Waals surface area contributed by atoms with Crippen molar-refractivity contribution < 1.29 is 10.2 Å². The van der Waals surface area contributed by atoms with Gasteiger partial charge in [-0.15, -0.1) is 0 Å². The molecule has 0 fully saturated rings. The van der Waals surface area contributed by atoms with Gasteiger partial charge in [0.15, 0.2) is 5.75 Å². The molecule has 0 aliphatic heterocycles. The van der Waals surface area contributed by atoms with Gasteiger partial charge in [0.05, 0.1) is 5.52 Å². The van der Waals surface area contributed by atoms with Crippen LogP contribution in [0.4, 0.5) is 0 Å². The molecule has 0 aliphatic rings. The van der Waals surface area contributed by atoms with Crippen LogP contribution in [-0.4, -0.2) is 15.2 Å². The van der Waals surface area contributed by atoms with Crippen LogP contribution in [0, 0.1) is 13.8 Å². The number of aromatic hydroxyl groups is 2. The van der Waals surface area contributed by atoms with Crippen LogP contribution in [0.5, 0.6) is 11.5 Å². The first-order valence-electron chi connectivity index (χ1n) is 4.56. The summed E-state index contributed by atoms with van der Waals surface area (Å²) < 4.78 is 0. The number of aryl methyl sites for hydroxylation is 2. The number of pyridine rings is 1. The summed E-state index contributed by atoms with van der Waals surface area (Å²) >= 11 is 0. The first kappa shape index (κ1) is 9.58. The smallest absolute Gasteiger partial charge is 0.294 e. The van der Waals surface area contributed by atoms with Crippen molar-refractivity contribution >= 4 is 10.9 Å². The van der Waals surface area contributed by atoms with Gasteiger partial charge in [0, 0.05) is 5.39 Å². The largest absolute Gasteiger partial charge is 0.504 e. The highest BCUT2D eigenvalue weighted by atomic mass is 16.3. The number of rotatable bonds is 0. The number of aromatic amines is 1. The summed E-state index contributed by atoms with van der Waals surface area (Å²) in [6.07, 6.45) is 0. The first-order valence-corrected chi connectivity index (χ1v) is 4.56. The monoisotopic (exact) mass is 205 g/mol. The Balaban J connectivity index is 3.05. The van der Waals surface area contributed by atoms with Crippen LogP contribution in [0.15, 0.2) is 16.9 Å². The van der Waals surface area contributed by atoms with Gasteiger partial charge in [0.25, 0.3) is 5.56 Å². The minimum atomic E-state index is -0.676. The fraction of sp³-hybridized carbons (Fsp3) is 0.182. The van der Waals surface area contributed by atoms with Gasteiger partial charge in [-0.1, -0.05) is 6.07 Å². The van der Waals surface area contributed by atoms with Crippen molar-refractivity contribution in [3.63, 3.8) is 0 Å². The summed E-state index contributed by atoms with van der Waals surface area (Å²) in [6.45, 7) is 3.71. The molecule has 0 bridgehead atoms. The number of hydrogen-bond acceptors (Lipinski definition) is 3. The lowest BCUT2D eigenvalue weighted by molar-refractivity contribution is 0.402. The minimum Gasteiger partial charge on any atom is -0.504 e. The molecule has 15 heavy (non-hydrogen) atoms. The Morgan fingerprint density at radius 1 is 1.13 bits per heavy atom. The van der Waals surface area contributed by atoms with Crippen molar-refractivity contribution in [3.8, 4) is 11.5 Å². The number of aromatic nitrogens is 1. The molecule has 4 nitrogen and oxygen atoms in total. The van der Waals surface area contributed by atoms with Gasteiger partial charge in [-0.05, 0) is 31.0 Å². The summed E-state index contributed by atoms with van der Waals surface area (Å²) in [6, 6.07) is 3.63. The van der Waals surface area contributed by atoms with E-state index in [4.69, 9.17) is 0 Å². The van der Waals surface area contributed by atoms with Crippen molar-refractivity contribution in [1.82, 2.24) is 4.98 Å². The molecule has 1 aromatic heterocycles. The summed E-state index contributed by atoms with van der Waals surface area (Å²) in [4.78, 5) is 13.7. The van der Waals surface area contributed by atoms with Crippen molar-refractivity contribution in [3.05, 3.63) is 33.6 Å². The minimum absolute atomic E-state index is 0.355. The van der Waals surface area contributed by atoms with Crippen LogP contribution in [-0.2, 0) is 0 Å². The maximum atomic E-state index is 11.2. The molecule has 2 rings (SSSR count). The van der Waals surface area contributed by atoms with Crippen molar-refractivity contribution in [1.29, 1.82) is 0 Å². The summed E-state index contributed by atoms with van der Waals surface area (Å²) in [5.74, 6) is -0.985. The van der Waals surface area contributed by atoms with E-state index in [0.717, 1.165) is 11.1 Å². The van der Waals surface area contributed by atoms with E-state index in [9.17, 15) is 15.0 Å². The lowest BCUT2D eigenvalue weighted by atomic mass is 10.1. The molecule has 2 aromatic rings. The third-order valence-electron chi connectivity index (χ3n) is 2.40. The number of benzene rings is 1. The van der Waals surface area contributed by atoms with E-state index in [1.807, 2.05) is 19.9 Å². The quantitative estimate of drug-likeness (QED) is 0.611. The van der Waals surface area contributed by atoms with E-state index in [-0.39, 0.29) is 5.75 Å². The number of H-pyrrole nitrogens is 1. The third kappa shape index (κ3) is 1.34. The highest BCUT2D eigenvalue weighted by Gasteiger charge is 2.12. The summed E-state index contributed by atoms with van der Waals surface area (Å²) in [5.41, 5.74) is 1.66. The second kappa shape index (κ2) is 3.02. The Kier molecular flexibility index (Phi) is 1.93. The van der Waals surface area contributed by atoms with E-state index in [1.54, 1.807) is 6.07 Å². The number of nitrogens with one attached hydrogen (secondary N) is 1. The second-order valence-electron chi connectivity index (χ2n) is 3.66. The molecule has 0 radical (unpaired) electrons. The van der Waals surface area contributed by atoms with E-state index in [2.05, 4.69) is 4.98 Å². The fourth-order valence-corrected chi connectivity index (χ4v) is 1.79. The van der Waals surface area contributed by atoms with Gasteiger partial charge in [-0.25, -0.2) is 0 Å². The molecular formula is C11H11NO3. The molecule has 0 unspecified atom stereocenters. The van der Waals surface area contributed by atoms with Gasteiger partial charge in [-0.3, -0.25) is 4.79 Å². The fourth-order valence-electron chi connectivity index (χ4n) is 1.79.